The van der Waals surface area contributed by atoms with Crippen molar-refractivity contribution in [2.45, 2.75) is 20.0 Å². The van der Waals surface area contributed by atoms with Crippen LogP contribution in [-0.4, -0.2) is 45.3 Å². The Bertz CT molecular complexity index is 965. The molecule has 1 saturated heterocycles. The first kappa shape index (κ1) is 16.7. The highest BCUT2D eigenvalue weighted by Gasteiger charge is 2.28. The number of carbonyl (C=O) groups is 1. The molecule has 26 heavy (non-hydrogen) atoms. The van der Waals surface area contributed by atoms with E-state index in [1.165, 1.54) is 0 Å². The quantitative estimate of drug-likeness (QED) is 0.713. The molecule has 2 aromatic heterocycles. The summed E-state index contributed by atoms with van der Waals surface area (Å²) in [5.41, 5.74) is 4.16. The minimum atomic E-state index is -0.0951. The molecule has 0 bridgehead atoms. The van der Waals surface area contributed by atoms with Crippen LogP contribution in [0.2, 0.25) is 0 Å². The van der Waals surface area contributed by atoms with Crippen LogP contribution in [0.1, 0.15) is 33.4 Å². The van der Waals surface area contributed by atoms with Crippen molar-refractivity contribution in [3.05, 3.63) is 58.9 Å². The number of amides is 1. The fourth-order valence-corrected chi connectivity index (χ4v) is 3.61. The number of fused-ring (bicyclic) bond motifs is 1. The average Bonchev–Trinajstić information content (AvgIpc) is 2.95. The number of ether oxygens (including phenoxy) is 1. The molecular formula is C20H22N4O2. The molecule has 6 heteroatoms. The van der Waals surface area contributed by atoms with Crippen LogP contribution >= 0.6 is 0 Å². The van der Waals surface area contributed by atoms with Crippen LogP contribution in [-0.2, 0) is 11.8 Å². The van der Waals surface area contributed by atoms with Crippen LogP contribution in [0.25, 0.3) is 11.0 Å². The Hall–Kier alpha value is -2.73. The lowest BCUT2D eigenvalue weighted by Crippen LogP contribution is -2.42. The molecule has 0 N–H and O–H groups in total. The number of hydrogen-bond donors (Lipinski definition) is 0. The van der Waals surface area contributed by atoms with Crippen LogP contribution in [0, 0.1) is 13.8 Å². The number of carbonyl (C=O) groups excluding carboxylic acids is 1. The molecule has 3 heterocycles. The van der Waals surface area contributed by atoms with Gasteiger partial charge in [0.15, 0.2) is 5.65 Å². The van der Waals surface area contributed by atoms with Crippen molar-refractivity contribution in [2.24, 2.45) is 7.05 Å². The number of hydrogen-bond acceptors (Lipinski definition) is 4. The van der Waals surface area contributed by atoms with Crippen LogP contribution in [0.5, 0.6) is 0 Å². The van der Waals surface area contributed by atoms with E-state index in [4.69, 9.17) is 4.74 Å². The highest BCUT2D eigenvalue weighted by molar-refractivity contribution is 6.06. The maximum absolute atomic E-state index is 13.3. The molecule has 1 fully saturated rings. The van der Waals surface area contributed by atoms with Gasteiger partial charge in [0.05, 0.1) is 29.8 Å². The molecule has 1 aliphatic rings. The fourth-order valence-electron chi connectivity index (χ4n) is 3.61. The zero-order valence-corrected chi connectivity index (χ0v) is 15.3. The van der Waals surface area contributed by atoms with E-state index < -0.39 is 0 Å². The van der Waals surface area contributed by atoms with E-state index in [-0.39, 0.29) is 12.0 Å². The summed E-state index contributed by atoms with van der Waals surface area (Å²) in [5, 5.41) is 5.28. The van der Waals surface area contributed by atoms with Gasteiger partial charge in [-0.15, -0.1) is 0 Å². The summed E-state index contributed by atoms with van der Waals surface area (Å²) < 4.78 is 7.63. The summed E-state index contributed by atoms with van der Waals surface area (Å²) in [6.07, 6.45) is -0.0951. The van der Waals surface area contributed by atoms with E-state index in [2.05, 4.69) is 10.1 Å². The van der Waals surface area contributed by atoms with E-state index >= 15 is 0 Å². The molecule has 0 spiro atoms. The van der Waals surface area contributed by atoms with E-state index in [9.17, 15) is 4.79 Å². The van der Waals surface area contributed by atoms with Crippen molar-refractivity contribution in [1.29, 1.82) is 0 Å². The lowest BCUT2D eigenvalue weighted by molar-refractivity contribution is -0.0227. The lowest BCUT2D eigenvalue weighted by Gasteiger charge is -2.33. The summed E-state index contributed by atoms with van der Waals surface area (Å²) in [7, 11) is 1.86. The second-order valence-electron chi connectivity index (χ2n) is 6.74. The second-order valence-corrected chi connectivity index (χ2v) is 6.74. The fraction of sp³-hybridized carbons (Fsp3) is 0.350. The summed E-state index contributed by atoms with van der Waals surface area (Å²) in [4.78, 5) is 19.7. The highest BCUT2D eigenvalue weighted by atomic mass is 16.5. The SMILES string of the molecule is Cc1cc(C(=O)N2CCOC(c3ccccc3)C2)c2c(C)nn(C)c2n1. The Labute approximate surface area is 152 Å². The Kier molecular flexibility index (Phi) is 4.20. The summed E-state index contributed by atoms with van der Waals surface area (Å²) in [6, 6.07) is 11.9. The van der Waals surface area contributed by atoms with Crippen LogP contribution in [0.15, 0.2) is 36.4 Å². The molecule has 0 saturated carbocycles. The molecule has 6 nitrogen and oxygen atoms in total. The minimum Gasteiger partial charge on any atom is -0.370 e. The lowest BCUT2D eigenvalue weighted by atomic mass is 10.1. The van der Waals surface area contributed by atoms with Gasteiger partial charge in [-0.25, -0.2) is 4.98 Å². The van der Waals surface area contributed by atoms with Gasteiger partial charge < -0.3 is 9.64 Å². The molecule has 4 rings (SSSR count). The summed E-state index contributed by atoms with van der Waals surface area (Å²) in [5.74, 6) is 0.0147. The average molecular weight is 350 g/mol. The smallest absolute Gasteiger partial charge is 0.254 e. The van der Waals surface area contributed by atoms with Crippen molar-refractivity contribution in [3.63, 3.8) is 0 Å². The van der Waals surface area contributed by atoms with Gasteiger partial charge in [-0.2, -0.15) is 5.10 Å². The molecule has 134 valence electrons. The number of rotatable bonds is 2. The third-order valence-electron chi connectivity index (χ3n) is 4.85. The highest BCUT2D eigenvalue weighted by Crippen LogP contribution is 2.26. The number of pyridine rings is 1. The molecule has 1 aliphatic heterocycles. The Balaban J connectivity index is 1.69. The van der Waals surface area contributed by atoms with Gasteiger partial charge in [0.25, 0.3) is 5.91 Å². The molecule has 1 atom stereocenters. The van der Waals surface area contributed by atoms with Crippen LogP contribution < -0.4 is 0 Å². The zero-order chi connectivity index (χ0) is 18.3. The normalized spacial score (nSPS) is 17.7. The summed E-state index contributed by atoms with van der Waals surface area (Å²) in [6.45, 7) is 5.49. The Morgan fingerprint density at radius 3 is 2.77 bits per heavy atom. The first-order valence-corrected chi connectivity index (χ1v) is 8.81. The van der Waals surface area contributed by atoms with Crippen LogP contribution in [0.4, 0.5) is 0 Å². The van der Waals surface area contributed by atoms with E-state index in [0.29, 0.717) is 25.3 Å². The molecule has 3 aromatic rings. The van der Waals surface area contributed by atoms with E-state index in [1.54, 1.807) is 4.68 Å². The molecular weight excluding hydrogens is 328 g/mol. The minimum absolute atomic E-state index is 0.0147. The van der Waals surface area contributed by atoms with Crippen LogP contribution in [0.3, 0.4) is 0 Å². The van der Waals surface area contributed by atoms with Gasteiger partial charge >= 0.3 is 0 Å². The Morgan fingerprint density at radius 1 is 1.23 bits per heavy atom. The third-order valence-corrected chi connectivity index (χ3v) is 4.85. The standard InChI is InChI=1S/C20H22N4O2/c1-13-11-16(18-14(2)22-23(3)19(18)21-13)20(25)24-9-10-26-17(12-24)15-7-5-4-6-8-15/h4-8,11,17H,9-10,12H2,1-3H3. The number of nitrogens with zero attached hydrogens (tertiary/aromatic N) is 4. The monoisotopic (exact) mass is 350 g/mol. The zero-order valence-electron chi connectivity index (χ0n) is 15.3. The van der Waals surface area contributed by atoms with Crippen molar-refractivity contribution >= 4 is 16.9 Å². The molecule has 0 aliphatic carbocycles. The van der Waals surface area contributed by atoms with Gasteiger partial charge in [0.2, 0.25) is 0 Å². The molecule has 1 unspecified atom stereocenters. The van der Waals surface area contributed by atoms with Gasteiger partial charge in [0.1, 0.15) is 6.10 Å². The number of aromatic nitrogens is 3. The topological polar surface area (TPSA) is 60.3 Å². The first-order chi connectivity index (χ1) is 12.5. The van der Waals surface area contributed by atoms with Crippen molar-refractivity contribution in [1.82, 2.24) is 19.7 Å². The van der Waals surface area contributed by atoms with Crippen molar-refractivity contribution < 1.29 is 9.53 Å². The number of benzene rings is 1. The van der Waals surface area contributed by atoms with Gasteiger partial charge in [-0.05, 0) is 25.5 Å². The van der Waals surface area contributed by atoms with Gasteiger partial charge in [-0.3, -0.25) is 9.48 Å². The molecule has 0 radical (unpaired) electrons. The van der Waals surface area contributed by atoms with E-state index in [0.717, 1.165) is 28.0 Å². The van der Waals surface area contributed by atoms with Gasteiger partial charge in [-0.1, -0.05) is 30.3 Å². The first-order valence-electron chi connectivity index (χ1n) is 8.81. The number of morpholine rings is 1. The predicted octanol–water partition coefficient (Wildman–Crippen LogP) is 2.80. The maximum atomic E-state index is 13.3. The third kappa shape index (κ3) is 2.86. The summed E-state index contributed by atoms with van der Waals surface area (Å²) >= 11 is 0. The van der Waals surface area contributed by atoms with Gasteiger partial charge in [0, 0.05) is 19.3 Å². The second kappa shape index (κ2) is 6.53. The van der Waals surface area contributed by atoms with Crippen molar-refractivity contribution in [3.8, 4) is 0 Å². The maximum Gasteiger partial charge on any atom is 0.254 e. The van der Waals surface area contributed by atoms with E-state index in [1.807, 2.05) is 62.2 Å². The largest absolute Gasteiger partial charge is 0.370 e. The Morgan fingerprint density at radius 2 is 2.00 bits per heavy atom. The molecule has 1 aromatic carbocycles. The molecule has 1 amide bonds. The number of aryl methyl sites for hydroxylation is 3. The van der Waals surface area contributed by atoms with Crippen molar-refractivity contribution in [2.75, 3.05) is 19.7 Å². The predicted molar refractivity (Wildman–Crippen MR) is 99.0 cm³/mol.